The Labute approximate surface area is 200 Å². The van der Waals surface area contributed by atoms with Crippen LogP contribution < -0.4 is 10.2 Å². The van der Waals surface area contributed by atoms with Crippen molar-refractivity contribution in [3.05, 3.63) is 53.5 Å². The zero-order valence-electron chi connectivity index (χ0n) is 19.8. The third-order valence-corrected chi connectivity index (χ3v) is 7.43. The highest BCUT2D eigenvalue weighted by molar-refractivity contribution is 5.95. The summed E-state index contributed by atoms with van der Waals surface area (Å²) < 4.78 is 8.53. The monoisotopic (exact) mass is 457 g/mol. The van der Waals surface area contributed by atoms with Gasteiger partial charge in [0.2, 0.25) is 0 Å². The summed E-state index contributed by atoms with van der Waals surface area (Å²) in [5.41, 5.74) is 5.14. The maximum atomic E-state index is 9.48. The molecule has 8 nitrogen and oxygen atoms in total. The summed E-state index contributed by atoms with van der Waals surface area (Å²) >= 11 is 0. The number of fused-ring (bicyclic) bond motifs is 2. The number of nitriles is 1. The molecule has 0 bridgehead atoms. The van der Waals surface area contributed by atoms with Crippen molar-refractivity contribution in [1.29, 1.82) is 5.26 Å². The standard InChI is InChI=1S/C26H31N7O/c1-17-11-32(25-6-5-19(10-27)26-22(25)4-3-8-29-26)15-21(34-17)14-31-12-20(13-31)33-16-23-18(2)28-9-7-24(23)30-33/h3-6,8,16-18,20-21,28H,7,9,11-15H2,1-2H3. The molecule has 176 valence electrons. The first-order chi connectivity index (χ1) is 16.6. The van der Waals surface area contributed by atoms with Crippen LogP contribution >= 0.6 is 0 Å². The molecule has 3 atom stereocenters. The predicted molar refractivity (Wildman–Crippen MR) is 131 cm³/mol. The van der Waals surface area contributed by atoms with Gasteiger partial charge in [0.1, 0.15) is 6.07 Å². The van der Waals surface area contributed by atoms with E-state index >= 15 is 0 Å². The fourth-order valence-electron chi connectivity index (χ4n) is 5.72. The minimum absolute atomic E-state index is 0.141. The van der Waals surface area contributed by atoms with Crippen LogP contribution in [0.3, 0.4) is 0 Å². The van der Waals surface area contributed by atoms with Gasteiger partial charge in [-0.25, -0.2) is 0 Å². The molecule has 6 rings (SSSR count). The number of morpholine rings is 1. The zero-order valence-corrected chi connectivity index (χ0v) is 19.8. The van der Waals surface area contributed by atoms with E-state index in [-0.39, 0.29) is 12.2 Å². The summed E-state index contributed by atoms with van der Waals surface area (Å²) in [7, 11) is 0. The maximum Gasteiger partial charge on any atom is 0.101 e. The minimum atomic E-state index is 0.141. The Morgan fingerprint density at radius 2 is 2.06 bits per heavy atom. The number of ether oxygens (including phenoxy) is 1. The Morgan fingerprint density at radius 3 is 2.88 bits per heavy atom. The third kappa shape index (κ3) is 3.84. The van der Waals surface area contributed by atoms with Gasteiger partial charge < -0.3 is 15.0 Å². The number of hydrogen-bond donors (Lipinski definition) is 1. The largest absolute Gasteiger partial charge is 0.370 e. The number of anilines is 1. The predicted octanol–water partition coefficient (Wildman–Crippen LogP) is 2.66. The second kappa shape index (κ2) is 8.66. The lowest BCUT2D eigenvalue weighted by Crippen LogP contribution is -2.56. The van der Waals surface area contributed by atoms with Gasteiger partial charge in [-0.2, -0.15) is 10.4 Å². The minimum Gasteiger partial charge on any atom is -0.370 e. The molecule has 1 N–H and O–H groups in total. The molecule has 0 radical (unpaired) electrons. The first-order valence-electron chi connectivity index (χ1n) is 12.3. The molecule has 0 aliphatic carbocycles. The van der Waals surface area contributed by atoms with E-state index in [1.54, 1.807) is 6.20 Å². The van der Waals surface area contributed by atoms with Crippen molar-refractivity contribution in [3.63, 3.8) is 0 Å². The molecule has 1 aromatic carbocycles. The van der Waals surface area contributed by atoms with Gasteiger partial charge in [0.05, 0.1) is 35.0 Å². The van der Waals surface area contributed by atoms with Gasteiger partial charge >= 0.3 is 0 Å². The Morgan fingerprint density at radius 1 is 1.18 bits per heavy atom. The van der Waals surface area contributed by atoms with E-state index in [9.17, 15) is 5.26 Å². The molecule has 8 heteroatoms. The number of benzene rings is 1. The fraction of sp³-hybridized carbons (Fsp3) is 0.500. The lowest BCUT2D eigenvalue weighted by molar-refractivity contribution is -0.0489. The molecule has 5 heterocycles. The molecule has 3 unspecified atom stereocenters. The second-order valence-electron chi connectivity index (χ2n) is 9.93. The van der Waals surface area contributed by atoms with Crippen LogP contribution in [0, 0.1) is 11.3 Å². The van der Waals surface area contributed by atoms with Gasteiger partial charge in [-0.3, -0.25) is 14.6 Å². The Kier molecular flexibility index (Phi) is 5.48. The van der Waals surface area contributed by atoms with Gasteiger partial charge in [-0.15, -0.1) is 0 Å². The van der Waals surface area contributed by atoms with Crippen LogP contribution in [-0.4, -0.2) is 71.1 Å². The number of likely N-dealkylation sites (tertiary alicyclic amines) is 1. The van der Waals surface area contributed by atoms with Crippen molar-refractivity contribution in [3.8, 4) is 6.07 Å². The van der Waals surface area contributed by atoms with Crippen molar-refractivity contribution >= 4 is 16.6 Å². The lowest BCUT2D eigenvalue weighted by atomic mass is 10.0. The molecule has 0 saturated carbocycles. The van der Waals surface area contributed by atoms with E-state index in [2.05, 4.69) is 63.0 Å². The maximum absolute atomic E-state index is 9.48. The summed E-state index contributed by atoms with van der Waals surface area (Å²) in [5, 5.41) is 18.9. The van der Waals surface area contributed by atoms with Crippen molar-refractivity contribution in [1.82, 2.24) is 25.0 Å². The highest BCUT2D eigenvalue weighted by Crippen LogP contribution is 2.31. The lowest BCUT2D eigenvalue weighted by Gasteiger charge is -2.44. The van der Waals surface area contributed by atoms with Crippen molar-refractivity contribution in [2.75, 3.05) is 44.2 Å². The molecule has 2 fully saturated rings. The van der Waals surface area contributed by atoms with Crippen LogP contribution in [-0.2, 0) is 11.2 Å². The fourth-order valence-corrected chi connectivity index (χ4v) is 5.72. The molecule has 34 heavy (non-hydrogen) atoms. The Balaban J connectivity index is 1.13. The van der Waals surface area contributed by atoms with Crippen LogP contribution in [0.4, 0.5) is 5.69 Å². The van der Waals surface area contributed by atoms with Gasteiger partial charge in [0, 0.05) is 80.8 Å². The summed E-state index contributed by atoms with van der Waals surface area (Å²) in [6.07, 6.45) is 5.31. The summed E-state index contributed by atoms with van der Waals surface area (Å²) in [6.45, 7) is 9.99. The first-order valence-corrected chi connectivity index (χ1v) is 12.3. The smallest absolute Gasteiger partial charge is 0.101 e. The van der Waals surface area contributed by atoms with Crippen LogP contribution in [0.15, 0.2) is 36.7 Å². The van der Waals surface area contributed by atoms with E-state index < -0.39 is 0 Å². The Bertz CT molecular complexity index is 1240. The normalized spacial score (nSPS) is 25.7. The van der Waals surface area contributed by atoms with Crippen molar-refractivity contribution in [2.45, 2.75) is 44.6 Å². The van der Waals surface area contributed by atoms with Crippen LogP contribution in [0.1, 0.15) is 42.8 Å². The molecule has 3 aliphatic rings. The van der Waals surface area contributed by atoms with Crippen LogP contribution in [0.5, 0.6) is 0 Å². The highest BCUT2D eigenvalue weighted by atomic mass is 16.5. The van der Waals surface area contributed by atoms with Gasteiger partial charge in [0.25, 0.3) is 0 Å². The second-order valence-corrected chi connectivity index (χ2v) is 9.93. The quantitative estimate of drug-likeness (QED) is 0.645. The number of rotatable bonds is 4. The topological polar surface area (TPSA) is 82.2 Å². The molecule has 2 aromatic heterocycles. The van der Waals surface area contributed by atoms with Crippen molar-refractivity contribution in [2.24, 2.45) is 0 Å². The van der Waals surface area contributed by atoms with E-state index in [0.29, 0.717) is 17.6 Å². The van der Waals surface area contributed by atoms with Crippen molar-refractivity contribution < 1.29 is 4.74 Å². The molecular weight excluding hydrogens is 426 g/mol. The molecular formula is C26H31N7O. The van der Waals surface area contributed by atoms with E-state index in [1.807, 2.05) is 12.1 Å². The summed E-state index contributed by atoms with van der Waals surface area (Å²) in [6, 6.07) is 11.1. The first kappa shape index (κ1) is 21.5. The number of hydrogen-bond acceptors (Lipinski definition) is 7. The summed E-state index contributed by atoms with van der Waals surface area (Å²) in [5.74, 6) is 0. The molecule has 2 saturated heterocycles. The molecule has 3 aliphatic heterocycles. The average molecular weight is 458 g/mol. The van der Waals surface area contributed by atoms with Gasteiger partial charge in [0.15, 0.2) is 0 Å². The van der Waals surface area contributed by atoms with Gasteiger partial charge in [-0.1, -0.05) is 0 Å². The molecule has 0 amide bonds. The Hall–Kier alpha value is -2.99. The number of pyridine rings is 1. The van der Waals surface area contributed by atoms with E-state index in [1.165, 1.54) is 11.3 Å². The third-order valence-electron chi connectivity index (χ3n) is 7.43. The number of aromatic nitrogens is 3. The molecule has 0 spiro atoms. The highest BCUT2D eigenvalue weighted by Gasteiger charge is 2.35. The van der Waals surface area contributed by atoms with E-state index in [0.717, 1.165) is 62.3 Å². The summed E-state index contributed by atoms with van der Waals surface area (Å²) in [4.78, 5) is 9.36. The number of nitrogens with zero attached hydrogens (tertiary/aromatic N) is 6. The van der Waals surface area contributed by atoms with Crippen LogP contribution in [0.2, 0.25) is 0 Å². The SMILES string of the molecule is CC1CN(c2ccc(C#N)c3ncccc23)CC(CN2CC(n3cc4c(n3)CCNC4C)C2)O1. The van der Waals surface area contributed by atoms with Crippen LogP contribution in [0.25, 0.3) is 10.9 Å². The molecule has 3 aromatic rings. The zero-order chi connectivity index (χ0) is 23.2. The van der Waals surface area contributed by atoms with E-state index in [4.69, 9.17) is 9.84 Å². The average Bonchev–Trinajstić information content (AvgIpc) is 3.25. The van der Waals surface area contributed by atoms with Gasteiger partial charge in [-0.05, 0) is 38.1 Å². The number of nitrogens with one attached hydrogen (secondary N) is 1.